The molecule has 0 spiro atoms. The third kappa shape index (κ3) is 51.1. The van der Waals surface area contributed by atoms with Gasteiger partial charge in [-0.15, -0.1) is 0 Å². The minimum atomic E-state index is -0.848. The van der Waals surface area contributed by atoms with E-state index in [-0.39, 0.29) is 18.5 Å². The summed E-state index contributed by atoms with van der Waals surface area (Å²) in [4.78, 5) is 24.4. The zero-order valence-corrected chi connectivity index (χ0v) is 43.2. The Bertz CT molecular complexity index is 1100. The number of carbonyl (C=O) groups excluding carboxylic acids is 2. The van der Waals surface area contributed by atoms with E-state index in [4.69, 9.17) is 4.74 Å². The van der Waals surface area contributed by atoms with E-state index in [1.54, 1.807) is 6.08 Å². The molecule has 0 radical (unpaired) electrons. The maximum absolute atomic E-state index is 12.4. The van der Waals surface area contributed by atoms with Crippen LogP contribution in [0.15, 0.2) is 48.6 Å². The molecule has 0 saturated carbocycles. The van der Waals surface area contributed by atoms with Gasteiger partial charge in [0.15, 0.2) is 0 Å². The van der Waals surface area contributed by atoms with Crippen LogP contribution in [0.1, 0.15) is 290 Å². The van der Waals surface area contributed by atoms with Crippen LogP contribution < -0.4 is 5.32 Å². The summed E-state index contributed by atoms with van der Waals surface area (Å²) in [6.45, 7) is 4.82. The van der Waals surface area contributed by atoms with E-state index in [2.05, 4.69) is 55.6 Å². The van der Waals surface area contributed by atoms with Gasteiger partial charge < -0.3 is 20.3 Å². The Morgan fingerprint density at radius 1 is 0.431 bits per heavy atom. The number of esters is 1. The second-order valence-electron chi connectivity index (χ2n) is 19.3. The van der Waals surface area contributed by atoms with Crippen molar-refractivity contribution in [3.05, 3.63) is 48.6 Å². The van der Waals surface area contributed by atoms with Crippen molar-refractivity contribution < 1.29 is 24.5 Å². The van der Waals surface area contributed by atoms with Crippen molar-refractivity contribution in [2.45, 2.75) is 302 Å². The van der Waals surface area contributed by atoms with Gasteiger partial charge >= 0.3 is 5.97 Å². The molecule has 0 rings (SSSR count). The highest BCUT2D eigenvalue weighted by Gasteiger charge is 2.18. The number of unbranched alkanes of at least 4 members (excludes halogenated alkanes) is 35. The van der Waals surface area contributed by atoms with Crippen LogP contribution in [0.25, 0.3) is 0 Å². The molecule has 3 N–H and O–H groups in total. The third-order valence-electron chi connectivity index (χ3n) is 12.8. The average molecular weight is 913 g/mol. The Morgan fingerprint density at radius 2 is 0.800 bits per heavy atom. The molecule has 6 heteroatoms. The molecule has 0 heterocycles. The molecule has 2 unspecified atom stereocenters. The summed E-state index contributed by atoms with van der Waals surface area (Å²) in [6.07, 6.45) is 68.5. The monoisotopic (exact) mass is 912 g/mol. The van der Waals surface area contributed by atoms with E-state index < -0.39 is 12.1 Å². The molecule has 0 aromatic rings. The van der Waals surface area contributed by atoms with Gasteiger partial charge in [0.1, 0.15) is 0 Å². The zero-order valence-electron chi connectivity index (χ0n) is 43.2. The van der Waals surface area contributed by atoms with Gasteiger partial charge in [0.05, 0.1) is 25.4 Å². The van der Waals surface area contributed by atoms with E-state index in [1.165, 1.54) is 205 Å². The highest BCUT2D eigenvalue weighted by Crippen LogP contribution is 2.16. The number of carbonyl (C=O) groups is 2. The van der Waals surface area contributed by atoms with Crippen LogP contribution in [-0.2, 0) is 14.3 Å². The first-order chi connectivity index (χ1) is 32.0. The Hall–Kier alpha value is -2.18. The standard InChI is InChI=1S/C59H109NO5/c1-3-5-7-9-11-13-15-28-33-37-41-45-49-53-59(64)65-54-50-46-42-38-34-30-27-25-23-21-19-17-18-20-22-24-26-29-32-36-40-44-48-52-58(63)60-56(55-61)57(62)51-47-43-39-35-31-16-14-12-10-8-6-4-2/h7,9,13,15,20,22,47,51,56-57,61-62H,3-6,8,10-12,14,16-19,21,23-46,48-50,52-55H2,1-2H3,(H,60,63)/b9-7-,15-13-,22-20-,51-47+. The molecule has 0 aliphatic heterocycles. The van der Waals surface area contributed by atoms with Crippen molar-refractivity contribution in [1.82, 2.24) is 5.32 Å². The minimum Gasteiger partial charge on any atom is -0.466 e. The van der Waals surface area contributed by atoms with Gasteiger partial charge in [-0.1, -0.05) is 242 Å². The summed E-state index contributed by atoms with van der Waals surface area (Å²) in [6, 6.07) is -0.632. The number of allylic oxidation sites excluding steroid dienone is 7. The van der Waals surface area contributed by atoms with Crippen LogP contribution in [0, 0.1) is 0 Å². The number of nitrogens with one attached hydrogen (secondary N) is 1. The van der Waals surface area contributed by atoms with Crippen LogP contribution in [0.4, 0.5) is 0 Å². The molecule has 2 atom stereocenters. The van der Waals surface area contributed by atoms with Crippen molar-refractivity contribution >= 4 is 11.9 Å². The van der Waals surface area contributed by atoms with Gasteiger partial charge in [-0.2, -0.15) is 0 Å². The van der Waals surface area contributed by atoms with Crippen LogP contribution in [-0.4, -0.2) is 47.4 Å². The summed E-state index contributed by atoms with van der Waals surface area (Å²) < 4.78 is 5.46. The highest BCUT2D eigenvalue weighted by atomic mass is 16.5. The molecule has 65 heavy (non-hydrogen) atoms. The van der Waals surface area contributed by atoms with E-state index in [0.29, 0.717) is 19.4 Å². The maximum atomic E-state index is 12.4. The van der Waals surface area contributed by atoms with Gasteiger partial charge in [0.25, 0.3) is 0 Å². The van der Waals surface area contributed by atoms with Crippen LogP contribution in [0.2, 0.25) is 0 Å². The van der Waals surface area contributed by atoms with Gasteiger partial charge in [-0.3, -0.25) is 9.59 Å². The van der Waals surface area contributed by atoms with E-state index >= 15 is 0 Å². The molecule has 0 bridgehead atoms. The fourth-order valence-electron chi connectivity index (χ4n) is 8.43. The van der Waals surface area contributed by atoms with Crippen LogP contribution in [0.5, 0.6) is 0 Å². The Balaban J connectivity index is 3.43. The molecule has 380 valence electrons. The van der Waals surface area contributed by atoms with Gasteiger partial charge in [0, 0.05) is 12.8 Å². The third-order valence-corrected chi connectivity index (χ3v) is 12.8. The molecular weight excluding hydrogens is 803 g/mol. The topological polar surface area (TPSA) is 95.9 Å². The van der Waals surface area contributed by atoms with Crippen molar-refractivity contribution in [3.8, 4) is 0 Å². The maximum Gasteiger partial charge on any atom is 0.305 e. The molecule has 0 aliphatic carbocycles. The van der Waals surface area contributed by atoms with Crippen molar-refractivity contribution in [1.29, 1.82) is 0 Å². The normalized spacial score (nSPS) is 13.0. The first-order valence-electron chi connectivity index (χ1n) is 28.4. The first kappa shape index (κ1) is 62.8. The van der Waals surface area contributed by atoms with Gasteiger partial charge in [-0.25, -0.2) is 0 Å². The number of hydrogen-bond donors (Lipinski definition) is 3. The average Bonchev–Trinajstić information content (AvgIpc) is 3.31. The van der Waals surface area contributed by atoms with Gasteiger partial charge in [-0.05, 0) is 83.5 Å². The minimum absolute atomic E-state index is 0.00515. The lowest BCUT2D eigenvalue weighted by atomic mass is 10.0. The van der Waals surface area contributed by atoms with E-state index in [9.17, 15) is 19.8 Å². The van der Waals surface area contributed by atoms with Crippen molar-refractivity contribution in [2.75, 3.05) is 13.2 Å². The lowest BCUT2D eigenvalue weighted by Gasteiger charge is -2.20. The molecule has 0 aliphatic rings. The predicted molar refractivity (Wildman–Crippen MR) is 282 cm³/mol. The SMILES string of the molecule is CCC/C=C\C/C=C\CCCCCCCC(=O)OCCCCCCCCCCCCCC/C=C\CCCCCCCCCC(=O)NC(CO)C(O)/C=C/CCCCCCCCCCCC. The largest absolute Gasteiger partial charge is 0.466 e. The fraction of sp³-hybridized carbons (Fsp3) is 0.831. The number of aliphatic hydroxyl groups excluding tert-OH is 2. The number of ether oxygens (including phenoxy) is 1. The van der Waals surface area contributed by atoms with E-state index in [0.717, 1.165) is 57.8 Å². The summed E-state index contributed by atoms with van der Waals surface area (Å²) in [5.74, 6) is -0.0810. The Morgan fingerprint density at radius 3 is 1.25 bits per heavy atom. The predicted octanol–water partition coefficient (Wildman–Crippen LogP) is 17.4. The number of amides is 1. The number of rotatable bonds is 52. The second-order valence-corrected chi connectivity index (χ2v) is 19.3. The molecule has 6 nitrogen and oxygen atoms in total. The van der Waals surface area contributed by atoms with E-state index in [1.807, 2.05) is 6.08 Å². The number of aliphatic hydroxyl groups is 2. The summed E-state index contributed by atoms with van der Waals surface area (Å²) in [5.41, 5.74) is 0. The van der Waals surface area contributed by atoms with Crippen LogP contribution in [0.3, 0.4) is 0 Å². The smallest absolute Gasteiger partial charge is 0.305 e. The Labute approximate surface area is 404 Å². The fourth-order valence-corrected chi connectivity index (χ4v) is 8.43. The molecule has 0 fully saturated rings. The summed E-state index contributed by atoms with van der Waals surface area (Å²) >= 11 is 0. The molecule has 0 saturated heterocycles. The highest BCUT2D eigenvalue weighted by molar-refractivity contribution is 5.76. The molecule has 0 aromatic heterocycles. The first-order valence-corrected chi connectivity index (χ1v) is 28.4. The molecule has 1 amide bonds. The molecule has 0 aromatic carbocycles. The molecular formula is C59H109NO5. The van der Waals surface area contributed by atoms with Crippen molar-refractivity contribution in [3.63, 3.8) is 0 Å². The van der Waals surface area contributed by atoms with Crippen LogP contribution >= 0.6 is 0 Å². The lowest BCUT2D eigenvalue weighted by Crippen LogP contribution is -2.45. The van der Waals surface area contributed by atoms with Crippen molar-refractivity contribution in [2.24, 2.45) is 0 Å². The lowest BCUT2D eigenvalue weighted by molar-refractivity contribution is -0.143. The summed E-state index contributed by atoms with van der Waals surface area (Å²) in [5, 5.41) is 23.0. The number of hydrogen-bond acceptors (Lipinski definition) is 5. The second kappa shape index (κ2) is 54.4. The zero-order chi connectivity index (χ0) is 47.2. The summed E-state index contributed by atoms with van der Waals surface area (Å²) in [7, 11) is 0. The van der Waals surface area contributed by atoms with Gasteiger partial charge in [0.2, 0.25) is 5.91 Å². The Kier molecular flexibility index (Phi) is 52.6. The quantitative estimate of drug-likeness (QED) is 0.0321.